The molecule has 1 aliphatic heterocycles. The number of nitro groups is 1. The summed E-state index contributed by atoms with van der Waals surface area (Å²) < 4.78 is 0. The highest BCUT2D eigenvalue weighted by molar-refractivity contribution is 6.31. The lowest BCUT2D eigenvalue weighted by atomic mass is 10.00. The van der Waals surface area contributed by atoms with Gasteiger partial charge in [-0.2, -0.15) is 0 Å². The van der Waals surface area contributed by atoms with Crippen molar-refractivity contribution >= 4 is 17.3 Å². The molecule has 5 nitrogen and oxygen atoms in total. The number of halogens is 1. The van der Waals surface area contributed by atoms with Crippen molar-refractivity contribution in [1.29, 1.82) is 0 Å². The fourth-order valence-corrected chi connectivity index (χ4v) is 3.03. The van der Waals surface area contributed by atoms with Crippen molar-refractivity contribution in [1.82, 2.24) is 10.4 Å². The fraction of sp³-hybridized carbons (Fsp3) is 0.571. The predicted molar refractivity (Wildman–Crippen MR) is 79.6 cm³/mol. The number of hydrogen-bond donors (Lipinski definition) is 1. The largest absolute Gasteiger partial charge is 0.275 e. The third-order valence-electron chi connectivity index (χ3n) is 3.92. The molecule has 2 atom stereocenters. The van der Waals surface area contributed by atoms with Gasteiger partial charge in [0.1, 0.15) is 0 Å². The minimum Gasteiger partial charge on any atom is -0.258 e. The summed E-state index contributed by atoms with van der Waals surface area (Å²) in [6, 6.07) is 5.65. The smallest absolute Gasteiger partial charge is 0.258 e. The summed E-state index contributed by atoms with van der Waals surface area (Å²) in [5, 5.41) is 13.7. The first-order valence-electron chi connectivity index (χ1n) is 6.94. The van der Waals surface area contributed by atoms with Crippen molar-refractivity contribution in [2.45, 2.75) is 51.7 Å². The molecule has 0 spiro atoms. The molecule has 0 bridgehead atoms. The molecule has 1 saturated heterocycles. The first-order chi connectivity index (χ1) is 9.50. The van der Waals surface area contributed by atoms with Gasteiger partial charge < -0.3 is 0 Å². The first kappa shape index (κ1) is 15.2. The lowest BCUT2D eigenvalue weighted by Gasteiger charge is -2.39. The van der Waals surface area contributed by atoms with E-state index >= 15 is 0 Å². The molecule has 0 aromatic heterocycles. The predicted octanol–water partition coefficient (Wildman–Crippen LogP) is 3.52. The molecule has 0 aliphatic carbocycles. The van der Waals surface area contributed by atoms with Crippen LogP contribution in [0.4, 0.5) is 5.69 Å². The molecule has 1 N–H and O–H groups in total. The number of piperidine rings is 1. The molecular weight excluding hydrogens is 278 g/mol. The molecule has 2 rings (SSSR count). The Morgan fingerprint density at radius 3 is 2.65 bits per heavy atom. The van der Waals surface area contributed by atoms with Crippen LogP contribution < -0.4 is 5.43 Å². The SMILES string of the molecule is CC1CCCC(C)N1NCc1c(Cl)cccc1[N+](=O)[O-]. The maximum Gasteiger partial charge on any atom is 0.275 e. The van der Waals surface area contributed by atoms with Gasteiger partial charge in [0, 0.05) is 24.7 Å². The molecule has 0 amide bonds. The quantitative estimate of drug-likeness (QED) is 0.682. The molecule has 1 aliphatic rings. The van der Waals surface area contributed by atoms with E-state index in [4.69, 9.17) is 11.6 Å². The molecular formula is C14H20ClN3O2. The van der Waals surface area contributed by atoms with Gasteiger partial charge in [0.2, 0.25) is 0 Å². The summed E-state index contributed by atoms with van der Waals surface area (Å²) in [6.45, 7) is 4.72. The standard InChI is InChI=1S/C14H20ClN3O2/c1-10-5-3-6-11(2)17(10)16-9-12-13(15)7-4-8-14(12)18(19)20/h4,7-8,10-11,16H,3,5-6,9H2,1-2H3. The monoisotopic (exact) mass is 297 g/mol. The van der Waals surface area contributed by atoms with Crippen LogP contribution in [0, 0.1) is 10.1 Å². The van der Waals surface area contributed by atoms with Crippen molar-refractivity contribution in [2.24, 2.45) is 0 Å². The van der Waals surface area contributed by atoms with Gasteiger partial charge in [0.05, 0.1) is 15.5 Å². The van der Waals surface area contributed by atoms with Crippen LogP contribution in [0.15, 0.2) is 18.2 Å². The second-order valence-electron chi connectivity index (χ2n) is 5.37. The average molecular weight is 298 g/mol. The third kappa shape index (κ3) is 3.29. The highest BCUT2D eigenvalue weighted by atomic mass is 35.5. The second-order valence-corrected chi connectivity index (χ2v) is 5.77. The number of hydrogen-bond acceptors (Lipinski definition) is 4. The van der Waals surface area contributed by atoms with Gasteiger partial charge in [-0.15, -0.1) is 0 Å². The number of nitrogens with zero attached hydrogens (tertiary/aromatic N) is 2. The number of nitro benzene ring substituents is 1. The molecule has 2 unspecified atom stereocenters. The Morgan fingerprint density at radius 1 is 1.40 bits per heavy atom. The van der Waals surface area contributed by atoms with Gasteiger partial charge in [-0.1, -0.05) is 24.1 Å². The van der Waals surface area contributed by atoms with Gasteiger partial charge in [-0.3, -0.25) is 10.1 Å². The van der Waals surface area contributed by atoms with Crippen LogP contribution in [0.25, 0.3) is 0 Å². The Balaban J connectivity index is 2.12. The molecule has 20 heavy (non-hydrogen) atoms. The Kier molecular flexibility index (Phi) is 4.96. The molecule has 1 fully saturated rings. The average Bonchev–Trinajstić information content (AvgIpc) is 2.39. The van der Waals surface area contributed by atoms with Crippen LogP contribution in [-0.4, -0.2) is 22.0 Å². The molecule has 0 radical (unpaired) electrons. The molecule has 0 saturated carbocycles. The number of nitrogens with one attached hydrogen (secondary N) is 1. The van der Waals surface area contributed by atoms with Crippen LogP contribution in [0.3, 0.4) is 0 Å². The van der Waals surface area contributed by atoms with Crippen molar-refractivity contribution in [3.05, 3.63) is 38.9 Å². The minimum atomic E-state index is -0.383. The maximum absolute atomic E-state index is 11.1. The minimum absolute atomic E-state index is 0.0716. The van der Waals surface area contributed by atoms with Crippen molar-refractivity contribution in [3.63, 3.8) is 0 Å². The second kappa shape index (κ2) is 6.52. The third-order valence-corrected chi connectivity index (χ3v) is 4.28. The van der Waals surface area contributed by atoms with Crippen LogP contribution in [0.1, 0.15) is 38.7 Å². The molecule has 1 heterocycles. The van der Waals surface area contributed by atoms with E-state index in [0.29, 0.717) is 29.2 Å². The number of rotatable bonds is 4. The Labute approximate surface area is 124 Å². The lowest BCUT2D eigenvalue weighted by molar-refractivity contribution is -0.385. The zero-order chi connectivity index (χ0) is 14.7. The summed E-state index contributed by atoms with van der Waals surface area (Å²) in [5.74, 6) is 0. The summed E-state index contributed by atoms with van der Waals surface area (Å²) >= 11 is 6.10. The van der Waals surface area contributed by atoms with E-state index in [0.717, 1.165) is 12.8 Å². The van der Waals surface area contributed by atoms with Gasteiger partial charge in [-0.05, 0) is 32.8 Å². The van der Waals surface area contributed by atoms with E-state index in [9.17, 15) is 10.1 Å². The van der Waals surface area contributed by atoms with Gasteiger partial charge in [-0.25, -0.2) is 10.4 Å². The van der Waals surface area contributed by atoms with E-state index in [1.54, 1.807) is 12.1 Å². The zero-order valence-corrected chi connectivity index (χ0v) is 12.6. The Morgan fingerprint density at radius 2 is 2.05 bits per heavy atom. The molecule has 6 heteroatoms. The van der Waals surface area contributed by atoms with E-state index in [1.165, 1.54) is 12.5 Å². The van der Waals surface area contributed by atoms with Crippen molar-refractivity contribution in [2.75, 3.05) is 0 Å². The van der Waals surface area contributed by atoms with Gasteiger partial charge in [0.25, 0.3) is 5.69 Å². The Bertz CT molecular complexity index is 485. The number of hydrazine groups is 1. The van der Waals surface area contributed by atoms with Crippen molar-refractivity contribution in [3.8, 4) is 0 Å². The molecule has 1 aromatic rings. The van der Waals surface area contributed by atoms with Crippen LogP contribution in [0.2, 0.25) is 5.02 Å². The summed E-state index contributed by atoms with van der Waals surface area (Å²) in [7, 11) is 0. The normalized spacial score (nSPS) is 23.8. The highest BCUT2D eigenvalue weighted by Crippen LogP contribution is 2.27. The summed E-state index contributed by atoms with van der Waals surface area (Å²) in [6.07, 6.45) is 3.51. The van der Waals surface area contributed by atoms with Gasteiger partial charge >= 0.3 is 0 Å². The molecule has 1 aromatic carbocycles. The van der Waals surface area contributed by atoms with Gasteiger partial charge in [0.15, 0.2) is 0 Å². The Hall–Kier alpha value is -1.17. The molecule has 110 valence electrons. The topological polar surface area (TPSA) is 58.4 Å². The first-order valence-corrected chi connectivity index (χ1v) is 7.32. The lowest BCUT2D eigenvalue weighted by Crippen LogP contribution is -2.51. The summed E-state index contributed by atoms with van der Waals surface area (Å²) in [4.78, 5) is 10.7. The van der Waals surface area contributed by atoms with Crippen LogP contribution in [0.5, 0.6) is 0 Å². The van der Waals surface area contributed by atoms with Crippen LogP contribution in [-0.2, 0) is 6.54 Å². The van der Waals surface area contributed by atoms with E-state index in [2.05, 4.69) is 24.3 Å². The summed E-state index contributed by atoms with van der Waals surface area (Å²) in [5.41, 5.74) is 3.94. The van der Waals surface area contributed by atoms with Crippen molar-refractivity contribution < 1.29 is 4.92 Å². The zero-order valence-electron chi connectivity index (χ0n) is 11.8. The van der Waals surface area contributed by atoms with E-state index < -0.39 is 0 Å². The van der Waals surface area contributed by atoms with E-state index in [1.807, 2.05) is 0 Å². The number of benzene rings is 1. The maximum atomic E-state index is 11.1. The highest BCUT2D eigenvalue weighted by Gasteiger charge is 2.25. The van der Waals surface area contributed by atoms with E-state index in [-0.39, 0.29) is 10.6 Å². The van der Waals surface area contributed by atoms with Crippen LogP contribution >= 0.6 is 11.6 Å². The fourth-order valence-electron chi connectivity index (χ4n) is 2.80.